The van der Waals surface area contributed by atoms with Crippen molar-refractivity contribution in [3.63, 3.8) is 0 Å². The highest BCUT2D eigenvalue weighted by molar-refractivity contribution is 7.77. The maximum absolute atomic E-state index is 13.3. The number of halogens is 2. The number of carbonyl (C=O) groups excluding carboxylic acids is 2. The van der Waals surface area contributed by atoms with Crippen molar-refractivity contribution in [1.29, 1.82) is 0 Å². The summed E-state index contributed by atoms with van der Waals surface area (Å²) in [5.41, 5.74) is 4.43. The molecule has 0 N–H and O–H groups in total. The Morgan fingerprint density at radius 2 is 1.86 bits per heavy atom. The molecule has 0 bridgehead atoms. The molecule has 5 rings (SSSR count). The largest absolute Gasteiger partial charge is 0.754 e. The lowest BCUT2D eigenvalue weighted by molar-refractivity contribution is -0.133. The van der Waals surface area contributed by atoms with E-state index >= 15 is 0 Å². The maximum Gasteiger partial charge on any atom is 0.337 e. The van der Waals surface area contributed by atoms with Crippen LogP contribution < -0.4 is 0 Å². The Balaban J connectivity index is 1.28. The van der Waals surface area contributed by atoms with Crippen molar-refractivity contribution in [3.8, 4) is 11.1 Å². The molecule has 1 aromatic heterocycles. The van der Waals surface area contributed by atoms with E-state index in [9.17, 15) is 18.4 Å². The van der Waals surface area contributed by atoms with E-state index in [1.165, 1.54) is 7.11 Å². The van der Waals surface area contributed by atoms with E-state index in [-0.39, 0.29) is 17.9 Å². The number of rotatable bonds is 6. The minimum absolute atomic E-state index is 0.0176. The Labute approximate surface area is 226 Å². The number of nitrogens with zero attached hydrogens (tertiary/aromatic N) is 3. The Bertz CT molecular complexity index is 1370. The average molecular weight is 561 g/mol. The fourth-order valence-electron chi connectivity index (χ4n) is 5.31. The number of benzene rings is 2. The van der Waals surface area contributed by atoms with Gasteiger partial charge in [-0.25, -0.2) is 4.79 Å². The van der Waals surface area contributed by atoms with E-state index in [1.54, 1.807) is 30.5 Å². The number of aromatic nitrogens is 2. The first-order chi connectivity index (χ1) is 17.8. The molecule has 3 aromatic rings. The van der Waals surface area contributed by atoms with Crippen molar-refractivity contribution in [2.75, 3.05) is 13.7 Å². The van der Waals surface area contributed by atoms with Crippen LogP contribution in [0.4, 0.5) is 0 Å². The number of fused-ring (bicyclic) bond motifs is 1. The lowest BCUT2D eigenvalue weighted by atomic mass is 9.92. The third-order valence-corrected chi connectivity index (χ3v) is 8.53. The summed E-state index contributed by atoms with van der Waals surface area (Å²) >= 11 is 10.9. The van der Waals surface area contributed by atoms with Crippen molar-refractivity contribution >= 4 is 46.3 Å². The Morgan fingerprint density at radius 3 is 2.51 bits per heavy atom. The van der Waals surface area contributed by atoms with Gasteiger partial charge in [0.15, 0.2) is 0 Å². The minimum Gasteiger partial charge on any atom is -0.754 e. The molecular formula is C26H24Cl2N3O5S-. The van der Waals surface area contributed by atoms with Gasteiger partial charge in [-0.2, -0.15) is 9.19 Å². The summed E-state index contributed by atoms with van der Waals surface area (Å²) < 4.78 is 28.5. The Morgan fingerprint density at radius 1 is 1.16 bits per heavy atom. The van der Waals surface area contributed by atoms with Crippen LogP contribution in [-0.4, -0.2) is 54.4 Å². The van der Waals surface area contributed by atoms with Gasteiger partial charge in [-0.05, 0) is 78.6 Å². The smallest absolute Gasteiger partial charge is 0.337 e. The summed E-state index contributed by atoms with van der Waals surface area (Å²) in [6.45, 7) is 0.644. The Hall–Kier alpha value is -2.72. The van der Waals surface area contributed by atoms with Crippen LogP contribution >= 0.6 is 23.2 Å². The molecule has 0 spiro atoms. The second-order valence-corrected chi connectivity index (χ2v) is 10.9. The molecule has 1 aliphatic carbocycles. The number of hydrogen-bond donors (Lipinski definition) is 0. The quantitative estimate of drug-likeness (QED) is 0.330. The molecule has 3 atom stereocenters. The monoisotopic (exact) mass is 560 g/mol. The minimum atomic E-state index is -2.43. The van der Waals surface area contributed by atoms with Crippen LogP contribution in [0.25, 0.3) is 11.1 Å². The second-order valence-electron chi connectivity index (χ2n) is 9.31. The van der Waals surface area contributed by atoms with Crippen LogP contribution in [0.1, 0.15) is 40.0 Å². The van der Waals surface area contributed by atoms with E-state index in [0.717, 1.165) is 26.3 Å². The number of carbonyl (C=O) groups is 2. The normalized spacial score (nSPS) is 20.1. The molecule has 37 heavy (non-hydrogen) atoms. The fourth-order valence-corrected chi connectivity index (χ4v) is 6.47. The molecule has 1 fully saturated rings. The van der Waals surface area contributed by atoms with E-state index in [4.69, 9.17) is 27.9 Å². The molecule has 11 heteroatoms. The second kappa shape index (κ2) is 10.6. The molecule has 3 unspecified atom stereocenters. The molecule has 1 amide bonds. The lowest BCUT2D eigenvalue weighted by Crippen LogP contribution is -2.41. The van der Waals surface area contributed by atoms with Gasteiger partial charge in [-0.1, -0.05) is 35.3 Å². The standard InChI is InChI=1S/C26H25Cl2N3O5S/c1-36-26(33)16-4-2-15(3-5-16)18-12-22(27)21(23(28)13-18)11-17-8-9-30(25(17)32)20-6-7-24-19(10-20)14-29-31(24)37(34)35/h2-5,12-14,17,20H,6-11H2,1H3,(H,34,35)/p-1. The van der Waals surface area contributed by atoms with Crippen molar-refractivity contribution in [2.45, 2.75) is 38.1 Å². The average Bonchev–Trinajstić information content (AvgIpc) is 3.48. The number of ether oxygens (including phenoxy) is 1. The highest BCUT2D eigenvalue weighted by Gasteiger charge is 2.38. The number of likely N-dealkylation sites (tertiary alicyclic amines) is 1. The Kier molecular flexibility index (Phi) is 7.40. The van der Waals surface area contributed by atoms with Crippen LogP contribution in [0.5, 0.6) is 0 Å². The van der Waals surface area contributed by atoms with Gasteiger partial charge in [-0.15, -0.1) is 0 Å². The first-order valence-corrected chi connectivity index (χ1v) is 13.7. The number of hydrogen-bond acceptors (Lipinski definition) is 6. The maximum atomic E-state index is 13.3. The zero-order valence-corrected chi connectivity index (χ0v) is 22.3. The lowest BCUT2D eigenvalue weighted by Gasteiger charge is -2.31. The fraction of sp³-hybridized carbons (Fsp3) is 0.346. The van der Waals surface area contributed by atoms with E-state index in [1.807, 2.05) is 17.0 Å². The number of esters is 1. The van der Waals surface area contributed by atoms with Crippen molar-refractivity contribution in [1.82, 2.24) is 14.1 Å². The highest BCUT2D eigenvalue weighted by atomic mass is 35.5. The zero-order chi connectivity index (χ0) is 26.3. The van der Waals surface area contributed by atoms with Gasteiger partial charge in [0, 0.05) is 28.5 Å². The predicted molar refractivity (Wildman–Crippen MR) is 139 cm³/mol. The van der Waals surface area contributed by atoms with Crippen LogP contribution in [-0.2, 0) is 40.1 Å². The van der Waals surface area contributed by atoms with E-state index in [2.05, 4.69) is 5.10 Å². The first kappa shape index (κ1) is 25.9. The zero-order valence-electron chi connectivity index (χ0n) is 20.0. The van der Waals surface area contributed by atoms with Crippen LogP contribution in [0.3, 0.4) is 0 Å². The van der Waals surface area contributed by atoms with E-state index in [0.29, 0.717) is 60.0 Å². The molecule has 0 saturated carbocycles. The third-order valence-electron chi connectivity index (χ3n) is 7.25. The van der Waals surface area contributed by atoms with Crippen LogP contribution in [0, 0.1) is 5.92 Å². The topological polar surface area (TPSA) is 105 Å². The summed E-state index contributed by atoms with van der Waals surface area (Å²) in [5.74, 6) is -0.558. The molecule has 2 aliphatic rings. The van der Waals surface area contributed by atoms with Gasteiger partial charge < -0.3 is 14.2 Å². The van der Waals surface area contributed by atoms with Gasteiger partial charge >= 0.3 is 5.97 Å². The molecular weight excluding hydrogens is 537 g/mol. The predicted octanol–water partition coefficient (Wildman–Crippen LogP) is 4.23. The SMILES string of the molecule is COC(=O)c1ccc(-c2cc(Cl)c(CC3CCN(C4CCc5c(cnn5S(=O)[O-])C4)C3=O)c(Cl)c2)cc1. The van der Waals surface area contributed by atoms with Gasteiger partial charge in [-0.3, -0.25) is 9.00 Å². The molecule has 1 aliphatic heterocycles. The summed E-state index contributed by atoms with van der Waals surface area (Å²) in [7, 11) is 1.34. The number of amides is 1. The number of methoxy groups -OCH3 is 1. The van der Waals surface area contributed by atoms with Gasteiger partial charge in [0.1, 0.15) is 0 Å². The molecule has 1 saturated heterocycles. The van der Waals surface area contributed by atoms with E-state index < -0.39 is 17.2 Å². The van der Waals surface area contributed by atoms with Crippen molar-refractivity contribution < 1.29 is 23.1 Å². The van der Waals surface area contributed by atoms with Crippen molar-refractivity contribution in [3.05, 3.63) is 75.0 Å². The van der Waals surface area contributed by atoms with Crippen LogP contribution in [0.15, 0.2) is 42.6 Å². The van der Waals surface area contributed by atoms with Crippen molar-refractivity contribution in [2.24, 2.45) is 5.92 Å². The van der Waals surface area contributed by atoms with Gasteiger partial charge in [0.2, 0.25) is 5.91 Å². The molecule has 2 aromatic carbocycles. The summed E-state index contributed by atoms with van der Waals surface area (Å²) in [4.78, 5) is 26.9. The summed E-state index contributed by atoms with van der Waals surface area (Å²) in [5, 5.41) is 4.95. The molecule has 8 nitrogen and oxygen atoms in total. The summed E-state index contributed by atoms with van der Waals surface area (Å²) in [6, 6.07) is 10.6. The van der Waals surface area contributed by atoms with Crippen LogP contribution in [0.2, 0.25) is 10.0 Å². The molecule has 194 valence electrons. The first-order valence-electron chi connectivity index (χ1n) is 11.9. The van der Waals surface area contributed by atoms with Gasteiger partial charge in [0.25, 0.3) is 0 Å². The van der Waals surface area contributed by atoms with Gasteiger partial charge in [0.05, 0.1) is 35.8 Å². The third kappa shape index (κ3) is 5.05. The summed E-state index contributed by atoms with van der Waals surface area (Å²) in [6.07, 6.45) is 4.58. The molecule has 0 radical (unpaired) electrons. The highest BCUT2D eigenvalue weighted by Crippen LogP contribution is 2.36. The molecule has 2 heterocycles.